The molecule has 0 heterocycles. The third kappa shape index (κ3) is 15.6. The molecule has 0 radical (unpaired) electrons. The van der Waals surface area contributed by atoms with Gasteiger partial charge in [-0.15, -0.1) is 0 Å². The fraction of sp³-hybridized carbons (Fsp3) is 0.714. The summed E-state index contributed by atoms with van der Waals surface area (Å²) in [6.45, 7) is 10.8. The van der Waals surface area contributed by atoms with Gasteiger partial charge in [0.15, 0.2) is 0 Å². The van der Waals surface area contributed by atoms with E-state index in [9.17, 15) is 0 Å². The van der Waals surface area contributed by atoms with Gasteiger partial charge in [0.1, 0.15) is 0 Å². The highest BCUT2D eigenvalue weighted by molar-refractivity contribution is 5.22. The van der Waals surface area contributed by atoms with E-state index in [1.165, 1.54) is 62.5 Å². The maximum Gasteiger partial charge on any atom is 0.0471 e. The first kappa shape index (κ1) is 23.4. The number of aryl methyl sites for hydroxylation is 1. The van der Waals surface area contributed by atoms with E-state index in [1.54, 1.807) is 0 Å². The predicted molar refractivity (Wildman–Crippen MR) is 102 cm³/mol. The van der Waals surface area contributed by atoms with Crippen molar-refractivity contribution in [1.29, 1.82) is 0 Å². The number of unbranched alkanes of at least 4 members (excludes halogenated alkanes) is 5. The number of rotatable bonds is 9. The van der Waals surface area contributed by atoms with Crippen LogP contribution in [0.5, 0.6) is 0 Å². The van der Waals surface area contributed by atoms with E-state index in [0.717, 1.165) is 6.42 Å². The normalized spacial score (nSPS) is 9.36. The van der Waals surface area contributed by atoms with Crippen molar-refractivity contribution in [2.75, 3.05) is 6.61 Å². The van der Waals surface area contributed by atoms with Crippen molar-refractivity contribution in [3.8, 4) is 0 Å². The summed E-state index contributed by atoms with van der Waals surface area (Å²) in [4.78, 5) is 0. The smallest absolute Gasteiger partial charge is 0.0471 e. The van der Waals surface area contributed by atoms with Gasteiger partial charge in [-0.1, -0.05) is 97.4 Å². The Bertz CT molecular complexity index is 289. The van der Waals surface area contributed by atoms with Crippen LogP contribution in [0.25, 0.3) is 0 Å². The molecule has 0 unspecified atom stereocenters. The summed E-state index contributed by atoms with van der Waals surface area (Å²) in [7, 11) is 0. The van der Waals surface area contributed by atoms with Crippen LogP contribution in [0.1, 0.15) is 90.7 Å². The predicted octanol–water partition coefficient (Wildman–Crippen LogP) is 6.57. The van der Waals surface area contributed by atoms with Crippen molar-refractivity contribution in [2.45, 2.75) is 92.4 Å². The van der Waals surface area contributed by atoms with Crippen LogP contribution in [-0.4, -0.2) is 11.7 Å². The highest BCUT2D eigenvalue weighted by atomic mass is 16.2. The standard InChI is InChI=1S/C16H26O.C3H8.C2H6/c1-2-3-4-5-6-7-8-15-9-11-16(12-10-15)13-14-17;1-3-2;1-2/h9-12,17H,2-8,13-14H2,1H3;3H2,1-2H3;1-2H3. The molecule has 0 spiro atoms. The second kappa shape index (κ2) is 20.2. The van der Waals surface area contributed by atoms with Gasteiger partial charge in [0, 0.05) is 6.61 Å². The fourth-order valence-corrected chi connectivity index (χ4v) is 2.11. The van der Waals surface area contributed by atoms with E-state index < -0.39 is 0 Å². The highest BCUT2D eigenvalue weighted by Crippen LogP contribution is 2.11. The molecule has 1 aromatic rings. The molecule has 22 heavy (non-hydrogen) atoms. The Balaban J connectivity index is 0. The lowest BCUT2D eigenvalue weighted by atomic mass is 10.0. The highest BCUT2D eigenvalue weighted by Gasteiger charge is 1.95. The van der Waals surface area contributed by atoms with Crippen molar-refractivity contribution < 1.29 is 5.11 Å². The quantitative estimate of drug-likeness (QED) is 0.512. The zero-order valence-corrected chi connectivity index (χ0v) is 15.8. The summed E-state index contributed by atoms with van der Waals surface area (Å²) in [5.41, 5.74) is 2.67. The minimum atomic E-state index is 0.247. The SMILES string of the molecule is CC.CCC.CCCCCCCCc1ccc(CCO)cc1. The zero-order chi connectivity index (χ0) is 17.1. The minimum Gasteiger partial charge on any atom is -0.396 e. The second-order valence-electron chi connectivity index (χ2n) is 5.51. The van der Waals surface area contributed by atoms with Gasteiger partial charge in [0.25, 0.3) is 0 Å². The Hall–Kier alpha value is -0.820. The monoisotopic (exact) mass is 308 g/mol. The van der Waals surface area contributed by atoms with Crippen LogP contribution in [0, 0.1) is 0 Å². The van der Waals surface area contributed by atoms with E-state index in [2.05, 4.69) is 45.0 Å². The Morgan fingerprint density at radius 2 is 1.09 bits per heavy atom. The summed E-state index contributed by atoms with van der Waals surface area (Å²) in [5, 5.41) is 8.83. The molecule has 0 fully saturated rings. The molecule has 1 nitrogen and oxygen atoms in total. The number of hydrogen-bond acceptors (Lipinski definition) is 1. The molecular weight excluding hydrogens is 268 g/mol. The third-order valence-electron chi connectivity index (χ3n) is 3.24. The summed E-state index contributed by atoms with van der Waals surface area (Å²) in [5.74, 6) is 0. The lowest BCUT2D eigenvalue weighted by Gasteiger charge is -2.03. The molecule has 0 amide bonds. The average molecular weight is 309 g/mol. The maximum absolute atomic E-state index is 8.83. The molecule has 130 valence electrons. The molecule has 0 aromatic heterocycles. The first-order valence-electron chi connectivity index (χ1n) is 9.47. The van der Waals surface area contributed by atoms with Crippen LogP contribution in [0.3, 0.4) is 0 Å². The van der Waals surface area contributed by atoms with E-state index >= 15 is 0 Å². The van der Waals surface area contributed by atoms with Crippen LogP contribution >= 0.6 is 0 Å². The molecule has 1 rings (SSSR count). The third-order valence-corrected chi connectivity index (χ3v) is 3.24. The molecular formula is C21H40O. The van der Waals surface area contributed by atoms with Crippen molar-refractivity contribution in [2.24, 2.45) is 0 Å². The summed E-state index contributed by atoms with van der Waals surface area (Å²) >= 11 is 0. The molecule has 1 N–H and O–H groups in total. The Morgan fingerprint density at radius 3 is 1.55 bits per heavy atom. The van der Waals surface area contributed by atoms with Crippen LogP contribution in [0.2, 0.25) is 0 Å². The van der Waals surface area contributed by atoms with Crippen molar-refractivity contribution in [3.63, 3.8) is 0 Å². The van der Waals surface area contributed by atoms with Gasteiger partial charge in [-0.2, -0.15) is 0 Å². The maximum atomic E-state index is 8.83. The van der Waals surface area contributed by atoms with Crippen LogP contribution in [0.4, 0.5) is 0 Å². The van der Waals surface area contributed by atoms with Gasteiger partial charge in [-0.3, -0.25) is 0 Å². The van der Waals surface area contributed by atoms with Crippen molar-refractivity contribution in [1.82, 2.24) is 0 Å². The largest absolute Gasteiger partial charge is 0.396 e. The molecule has 0 saturated heterocycles. The molecule has 0 aliphatic rings. The molecule has 0 saturated carbocycles. The first-order chi connectivity index (χ1) is 10.8. The van der Waals surface area contributed by atoms with Gasteiger partial charge in [0.05, 0.1) is 0 Å². The lowest BCUT2D eigenvalue weighted by molar-refractivity contribution is 0.299. The van der Waals surface area contributed by atoms with E-state index in [4.69, 9.17) is 5.11 Å². The molecule has 0 atom stereocenters. The van der Waals surface area contributed by atoms with E-state index in [0.29, 0.717) is 0 Å². The molecule has 0 bridgehead atoms. The van der Waals surface area contributed by atoms with Crippen molar-refractivity contribution >= 4 is 0 Å². The number of aliphatic hydroxyl groups is 1. The Labute approximate surface area is 140 Å². The fourth-order valence-electron chi connectivity index (χ4n) is 2.11. The van der Waals surface area contributed by atoms with E-state index in [1.807, 2.05) is 13.8 Å². The van der Waals surface area contributed by atoms with Gasteiger partial charge >= 0.3 is 0 Å². The summed E-state index contributed by atoms with van der Waals surface area (Å²) < 4.78 is 0. The van der Waals surface area contributed by atoms with E-state index in [-0.39, 0.29) is 6.61 Å². The summed E-state index contributed by atoms with van der Waals surface area (Å²) in [6.07, 6.45) is 11.4. The number of hydrogen-bond donors (Lipinski definition) is 1. The van der Waals surface area contributed by atoms with Gasteiger partial charge < -0.3 is 5.11 Å². The Kier molecular flexibility index (Phi) is 21.5. The molecule has 0 aliphatic heterocycles. The lowest BCUT2D eigenvalue weighted by Crippen LogP contribution is -1.91. The molecule has 0 aliphatic carbocycles. The topological polar surface area (TPSA) is 20.2 Å². The second-order valence-corrected chi connectivity index (χ2v) is 5.51. The Morgan fingerprint density at radius 1 is 0.682 bits per heavy atom. The van der Waals surface area contributed by atoms with Gasteiger partial charge in [-0.05, 0) is 30.4 Å². The average Bonchev–Trinajstić information content (AvgIpc) is 2.55. The molecule has 1 aromatic carbocycles. The summed E-state index contributed by atoms with van der Waals surface area (Å²) in [6, 6.07) is 8.69. The zero-order valence-electron chi connectivity index (χ0n) is 15.8. The number of benzene rings is 1. The van der Waals surface area contributed by atoms with Crippen LogP contribution < -0.4 is 0 Å². The van der Waals surface area contributed by atoms with Crippen molar-refractivity contribution in [3.05, 3.63) is 35.4 Å². The molecule has 1 heteroatoms. The number of aliphatic hydroxyl groups excluding tert-OH is 1. The van der Waals surface area contributed by atoms with Crippen LogP contribution in [-0.2, 0) is 12.8 Å². The van der Waals surface area contributed by atoms with Gasteiger partial charge in [0.2, 0.25) is 0 Å². The minimum absolute atomic E-state index is 0.247. The first-order valence-corrected chi connectivity index (χ1v) is 9.47. The van der Waals surface area contributed by atoms with Gasteiger partial charge in [-0.25, -0.2) is 0 Å². The van der Waals surface area contributed by atoms with Crippen LogP contribution in [0.15, 0.2) is 24.3 Å².